The number of halogens is 1. The zero-order valence-electron chi connectivity index (χ0n) is 14.0. The molecule has 2 aromatic carbocycles. The Balaban J connectivity index is 1.76. The largest absolute Gasteiger partial charge is 0.489 e. The van der Waals surface area contributed by atoms with Gasteiger partial charge in [0.25, 0.3) is 5.69 Å². The highest BCUT2D eigenvalue weighted by Crippen LogP contribution is 2.38. The molecular formula is C18H16ClNO6. The molecule has 0 spiro atoms. The van der Waals surface area contributed by atoms with Crippen molar-refractivity contribution < 1.29 is 23.9 Å². The number of hydrogen-bond acceptors (Lipinski definition) is 6. The van der Waals surface area contributed by atoms with Crippen molar-refractivity contribution in [1.29, 1.82) is 0 Å². The van der Waals surface area contributed by atoms with Gasteiger partial charge in [0.1, 0.15) is 6.61 Å². The van der Waals surface area contributed by atoms with E-state index in [9.17, 15) is 14.9 Å². The molecule has 1 aliphatic rings. The smallest absolute Gasteiger partial charge is 0.338 e. The van der Waals surface area contributed by atoms with Gasteiger partial charge in [0.15, 0.2) is 11.5 Å². The van der Waals surface area contributed by atoms with E-state index in [0.717, 1.165) is 6.42 Å². The summed E-state index contributed by atoms with van der Waals surface area (Å²) < 4.78 is 16.4. The molecule has 1 heterocycles. The average Bonchev–Trinajstić information content (AvgIpc) is 2.85. The number of carbonyl (C=O) groups is 1. The standard InChI is InChI=1S/C18H16ClNO6/c1-11-13(4-2-5-15(11)20(22)23)18(21)26-10-12-8-14(19)17-16(9-12)24-6-3-7-25-17/h2,4-5,8-9H,3,6-7,10H2,1H3. The van der Waals surface area contributed by atoms with Gasteiger partial charge in [0, 0.05) is 18.1 Å². The van der Waals surface area contributed by atoms with Crippen molar-refractivity contribution in [3.05, 3.63) is 62.2 Å². The van der Waals surface area contributed by atoms with E-state index in [-0.39, 0.29) is 23.4 Å². The van der Waals surface area contributed by atoms with Crippen molar-refractivity contribution in [3.8, 4) is 11.5 Å². The third-order valence-corrected chi connectivity index (χ3v) is 4.23. The van der Waals surface area contributed by atoms with Crippen LogP contribution in [0.5, 0.6) is 11.5 Å². The summed E-state index contributed by atoms with van der Waals surface area (Å²) in [6, 6.07) is 7.64. The Labute approximate surface area is 154 Å². The maximum Gasteiger partial charge on any atom is 0.338 e. The lowest BCUT2D eigenvalue weighted by molar-refractivity contribution is -0.385. The van der Waals surface area contributed by atoms with E-state index in [2.05, 4.69) is 0 Å². The molecule has 0 N–H and O–H groups in total. The number of fused-ring (bicyclic) bond motifs is 1. The van der Waals surface area contributed by atoms with Crippen molar-refractivity contribution in [2.45, 2.75) is 20.0 Å². The Morgan fingerprint density at radius 1 is 1.31 bits per heavy atom. The minimum Gasteiger partial charge on any atom is -0.489 e. The summed E-state index contributed by atoms with van der Waals surface area (Å²) in [5, 5.41) is 11.4. The van der Waals surface area contributed by atoms with Gasteiger partial charge in [-0.1, -0.05) is 17.7 Å². The zero-order valence-corrected chi connectivity index (χ0v) is 14.7. The molecule has 26 heavy (non-hydrogen) atoms. The third-order valence-electron chi connectivity index (χ3n) is 3.95. The van der Waals surface area contributed by atoms with E-state index in [1.807, 2.05) is 0 Å². The minimum absolute atomic E-state index is 0.0443. The van der Waals surface area contributed by atoms with Gasteiger partial charge in [0.2, 0.25) is 0 Å². The van der Waals surface area contributed by atoms with Gasteiger partial charge in [-0.25, -0.2) is 4.79 Å². The summed E-state index contributed by atoms with van der Waals surface area (Å²) in [5.41, 5.74) is 0.924. The predicted octanol–water partition coefficient (Wildman–Crippen LogP) is 4.07. The lowest BCUT2D eigenvalue weighted by Gasteiger charge is -2.12. The SMILES string of the molecule is Cc1c(C(=O)OCc2cc(Cl)c3c(c2)OCCCO3)cccc1[N+](=O)[O-]. The molecule has 7 nitrogen and oxygen atoms in total. The minimum atomic E-state index is -0.644. The molecule has 8 heteroatoms. The van der Waals surface area contributed by atoms with Crippen molar-refractivity contribution in [3.63, 3.8) is 0 Å². The number of nitro groups is 1. The Morgan fingerprint density at radius 2 is 2.08 bits per heavy atom. The lowest BCUT2D eigenvalue weighted by atomic mass is 10.1. The molecule has 0 fully saturated rings. The van der Waals surface area contributed by atoms with Crippen molar-refractivity contribution in [1.82, 2.24) is 0 Å². The van der Waals surface area contributed by atoms with Crippen LogP contribution in [0.3, 0.4) is 0 Å². The monoisotopic (exact) mass is 377 g/mol. The number of esters is 1. The number of hydrogen-bond donors (Lipinski definition) is 0. The van der Waals surface area contributed by atoms with Crippen LogP contribution in [0.1, 0.15) is 27.9 Å². The maximum atomic E-state index is 12.3. The number of benzene rings is 2. The van der Waals surface area contributed by atoms with Crippen molar-refractivity contribution >= 4 is 23.3 Å². The molecule has 0 bridgehead atoms. The Bertz CT molecular complexity index is 867. The first-order valence-electron chi connectivity index (χ1n) is 7.96. The van der Waals surface area contributed by atoms with Crippen LogP contribution >= 0.6 is 11.6 Å². The maximum absolute atomic E-state index is 12.3. The van der Waals surface area contributed by atoms with Gasteiger partial charge < -0.3 is 14.2 Å². The van der Waals surface area contributed by atoms with Crippen LogP contribution in [0.4, 0.5) is 5.69 Å². The Morgan fingerprint density at radius 3 is 2.85 bits per heavy atom. The predicted molar refractivity (Wildman–Crippen MR) is 94.0 cm³/mol. The summed E-state index contributed by atoms with van der Waals surface area (Å²) in [6.07, 6.45) is 0.751. The molecule has 0 radical (unpaired) electrons. The summed E-state index contributed by atoms with van der Waals surface area (Å²) in [7, 11) is 0. The second-order valence-electron chi connectivity index (χ2n) is 5.74. The number of rotatable bonds is 4. The molecule has 2 aromatic rings. The van der Waals surface area contributed by atoms with Crippen molar-refractivity contribution in [2.24, 2.45) is 0 Å². The second kappa shape index (κ2) is 7.61. The van der Waals surface area contributed by atoms with Crippen LogP contribution in [0.2, 0.25) is 5.02 Å². The number of nitro benzene ring substituents is 1. The van der Waals surface area contributed by atoms with E-state index in [1.165, 1.54) is 25.1 Å². The number of nitrogens with zero attached hydrogens (tertiary/aromatic N) is 1. The fourth-order valence-corrected chi connectivity index (χ4v) is 2.92. The fraction of sp³-hybridized carbons (Fsp3) is 0.278. The molecule has 0 saturated carbocycles. The average molecular weight is 378 g/mol. The Kier molecular flexibility index (Phi) is 5.27. The van der Waals surface area contributed by atoms with Gasteiger partial charge in [-0.3, -0.25) is 10.1 Å². The van der Waals surface area contributed by atoms with E-state index in [0.29, 0.717) is 35.3 Å². The molecule has 0 amide bonds. The topological polar surface area (TPSA) is 87.9 Å². The van der Waals surface area contributed by atoms with Crippen LogP contribution in [0.25, 0.3) is 0 Å². The number of carbonyl (C=O) groups excluding carboxylic acids is 1. The molecule has 0 atom stereocenters. The van der Waals surface area contributed by atoms with Gasteiger partial charge in [-0.05, 0) is 30.7 Å². The summed E-state index contributed by atoms with van der Waals surface area (Å²) in [4.78, 5) is 22.8. The van der Waals surface area contributed by atoms with Crippen molar-refractivity contribution in [2.75, 3.05) is 13.2 Å². The summed E-state index contributed by atoms with van der Waals surface area (Å²) >= 11 is 6.21. The second-order valence-corrected chi connectivity index (χ2v) is 6.15. The molecule has 0 unspecified atom stereocenters. The van der Waals surface area contributed by atoms with E-state index in [4.69, 9.17) is 25.8 Å². The first-order chi connectivity index (χ1) is 12.5. The molecule has 3 rings (SSSR count). The first-order valence-corrected chi connectivity index (χ1v) is 8.34. The van der Waals surface area contributed by atoms with Crippen LogP contribution in [-0.4, -0.2) is 24.1 Å². The van der Waals surface area contributed by atoms with Crippen LogP contribution in [0, 0.1) is 17.0 Å². The first kappa shape index (κ1) is 18.0. The highest BCUT2D eigenvalue weighted by Gasteiger charge is 2.20. The van der Waals surface area contributed by atoms with E-state index in [1.54, 1.807) is 12.1 Å². The molecule has 0 aliphatic carbocycles. The fourth-order valence-electron chi connectivity index (χ4n) is 2.64. The molecule has 1 aliphatic heterocycles. The number of ether oxygens (including phenoxy) is 3. The van der Waals surface area contributed by atoms with E-state index >= 15 is 0 Å². The quantitative estimate of drug-likeness (QED) is 0.453. The molecule has 0 aromatic heterocycles. The highest BCUT2D eigenvalue weighted by molar-refractivity contribution is 6.32. The zero-order chi connectivity index (χ0) is 18.7. The third kappa shape index (κ3) is 3.72. The Hall–Kier alpha value is -2.80. The van der Waals surface area contributed by atoms with E-state index < -0.39 is 10.9 Å². The van der Waals surface area contributed by atoms with Gasteiger partial charge in [-0.15, -0.1) is 0 Å². The normalized spacial score (nSPS) is 13.0. The van der Waals surface area contributed by atoms with Gasteiger partial charge >= 0.3 is 5.97 Å². The lowest BCUT2D eigenvalue weighted by Crippen LogP contribution is -2.08. The van der Waals surface area contributed by atoms with Gasteiger partial charge in [0.05, 0.1) is 28.7 Å². The molecular weight excluding hydrogens is 362 g/mol. The molecule has 0 saturated heterocycles. The van der Waals surface area contributed by atoms with Gasteiger partial charge in [-0.2, -0.15) is 0 Å². The summed E-state index contributed by atoms with van der Waals surface area (Å²) in [6.45, 7) is 2.50. The molecule has 136 valence electrons. The highest BCUT2D eigenvalue weighted by atomic mass is 35.5. The van der Waals surface area contributed by atoms with Crippen LogP contribution in [0.15, 0.2) is 30.3 Å². The van der Waals surface area contributed by atoms with Crippen LogP contribution in [-0.2, 0) is 11.3 Å². The van der Waals surface area contributed by atoms with Crippen LogP contribution < -0.4 is 9.47 Å². The summed E-state index contributed by atoms with van der Waals surface area (Å²) in [5.74, 6) is 0.343.